The summed E-state index contributed by atoms with van der Waals surface area (Å²) in [5.41, 5.74) is 1.17. The van der Waals surface area contributed by atoms with Gasteiger partial charge in [-0.15, -0.1) is 0 Å². The van der Waals surface area contributed by atoms with Crippen LogP contribution in [0, 0.1) is 0 Å². The lowest BCUT2D eigenvalue weighted by Gasteiger charge is -2.10. The number of pyridine rings is 1. The van der Waals surface area contributed by atoms with Crippen LogP contribution >= 0.6 is 0 Å². The average molecular weight is 220 g/mol. The molecule has 88 valence electrons. The molecule has 0 bridgehead atoms. The maximum absolute atomic E-state index is 5.68. The number of hydrogen-bond donors (Lipinski definition) is 1. The fourth-order valence-electron chi connectivity index (χ4n) is 1.54. The molecular formula is C13H20N2O. The highest BCUT2D eigenvalue weighted by Gasteiger charge is 2.20. The molecule has 1 fully saturated rings. The lowest BCUT2D eigenvalue weighted by molar-refractivity contribution is 0.293. The van der Waals surface area contributed by atoms with E-state index in [2.05, 4.69) is 23.3 Å². The van der Waals surface area contributed by atoms with Crippen molar-refractivity contribution in [2.45, 2.75) is 45.2 Å². The molecule has 1 saturated carbocycles. The fraction of sp³-hybridized carbons (Fsp3) is 0.615. The fourth-order valence-corrected chi connectivity index (χ4v) is 1.54. The van der Waals surface area contributed by atoms with Crippen LogP contribution in [0.4, 0.5) is 0 Å². The molecule has 1 aromatic heterocycles. The van der Waals surface area contributed by atoms with Crippen molar-refractivity contribution in [2.75, 3.05) is 6.61 Å². The number of ether oxygens (including phenoxy) is 1. The summed E-state index contributed by atoms with van der Waals surface area (Å²) in [6.45, 7) is 3.81. The van der Waals surface area contributed by atoms with E-state index in [0.717, 1.165) is 37.9 Å². The standard InChI is InChI=1S/C13H20N2O/c1-2-3-9-16-13-11(5-4-8-14-13)10-15-12-6-7-12/h4-5,8,12,15H,2-3,6-7,9-10H2,1H3. The van der Waals surface area contributed by atoms with Gasteiger partial charge in [-0.3, -0.25) is 0 Å². The third-order valence-electron chi connectivity index (χ3n) is 2.75. The highest BCUT2D eigenvalue weighted by atomic mass is 16.5. The van der Waals surface area contributed by atoms with Crippen LogP contribution in [-0.4, -0.2) is 17.6 Å². The van der Waals surface area contributed by atoms with E-state index in [-0.39, 0.29) is 0 Å². The van der Waals surface area contributed by atoms with E-state index < -0.39 is 0 Å². The molecule has 0 aliphatic heterocycles. The maximum Gasteiger partial charge on any atom is 0.217 e. The van der Waals surface area contributed by atoms with Crippen molar-refractivity contribution in [1.82, 2.24) is 10.3 Å². The van der Waals surface area contributed by atoms with Crippen LogP contribution in [-0.2, 0) is 6.54 Å². The smallest absolute Gasteiger partial charge is 0.217 e. The first-order valence-corrected chi connectivity index (χ1v) is 6.20. The van der Waals surface area contributed by atoms with Gasteiger partial charge < -0.3 is 10.1 Å². The van der Waals surface area contributed by atoms with Crippen LogP contribution in [0.1, 0.15) is 38.2 Å². The second-order valence-electron chi connectivity index (χ2n) is 4.32. The number of unbranched alkanes of at least 4 members (excludes halogenated alkanes) is 1. The number of hydrogen-bond acceptors (Lipinski definition) is 3. The maximum atomic E-state index is 5.68. The Labute approximate surface area is 97.2 Å². The number of aromatic nitrogens is 1. The second kappa shape index (κ2) is 5.85. The molecule has 1 N–H and O–H groups in total. The van der Waals surface area contributed by atoms with E-state index in [9.17, 15) is 0 Å². The highest BCUT2D eigenvalue weighted by molar-refractivity contribution is 5.25. The van der Waals surface area contributed by atoms with Gasteiger partial charge >= 0.3 is 0 Å². The van der Waals surface area contributed by atoms with Gasteiger partial charge in [0.1, 0.15) is 0 Å². The molecule has 1 heterocycles. The lowest BCUT2D eigenvalue weighted by atomic mass is 10.2. The molecule has 3 nitrogen and oxygen atoms in total. The van der Waals surface area contributed by atoms with Crippen LogP contribution in [0.25, 0.3) is 0 Å². The van der Waals surface area contributed by atoms with E-state index in [0.29, 0.717) is 0 Å². The quantitative estimate of drug-likeness (QED) is 0.717. The number of nitrogens with one attached hydrogen (secondary N) is 1. The third kappa shape index (κ3) is 3.49. The van der Waals surface area contributed by atoms with Gasteiger partial charge in [-0.1, -0.05) is 19.4 Å². The van der Waals surface area contributed by atoms with Crippen molar-refractivity contribution in [2.24, 2.45) is 0 Å². The zero-order chi connectivity index (χ0) is 11.2. The van der Waals surface area contributed by atoms with Crippen molar-refractivity contribution in [3.8, 4) is 5.88 Å². The van der Waals surface area contributed by atoms with Gasteiger partial charge in [0.2, 0.25) is 5.88 Å². The first-order chi connectivity index (χ1) is 7.90. The Balaban J connectivity index is 1.87. The van der Waals surface area contributed by atoms with Gasteiger partial charge in [0.15, 0.2) is 0 Å². The molecule has 1 aliphatic carbocycles. The van der Waals surface area contributed by atoms with E-state index in [1.165, 1.54) is 18.4 Å². The van der Waals surface area contributed by atoms with Crippen molar-refractivity contribution in [1.29, 1.82) is 0 Å². The molecule has 0 aromatic carbocycles. The van der Waals surface area contributed by atoms with Gasteiger partial charge in [-0.2, -0.15) is 0 Å². The predicted octanol–water partition coefficient (Wildman–Crippen LogP) is 2.51. The van der Waals surface area contributed by atoms with Crippen LogP contribution < -0.4 is 10.1 Å². The Kier molecular flexibility index (Phi) is 4.17. The Hall–Kier alpha value is -1.09. The molecule has 1 aromatic rings. The first-order valence-electron chi connectivity index (χ1n) is 6.20. The molecule has 0 unspecified atom stereocenters. The van der Waals surface area contributed by atoms with E-state index in [1.54, 1.807) is 6.20 Å². The van der Waals surface area contributed by atoms with Crippen molar-refractivity contribution >= 4 is 0 Å². The van der Waals surface area contributed by atoms with Gasteiger partial charge in [0, 0.05) is 24.3 Å². The molecule has 0 amide bonds. The predicted molar refractivity (Wildman–Crippen MR) is 64.5 cm³/mol. The molecule has 0 radical (unpaired) electrons. The van der Waals surface area contributed by atoms with Crippen molar-refractivity contribution in [3.63, 3.8) is 0 Å². The third-order valence-corrected chi connectivity index (χ3v) is 2.75. The summed E-state index contributed by atoms with van der Waals surface area (Å²) in [5, 5.41) is 3.48. The Bertz CT molecular complexity index is 323. The summed E-state index contributed by atoms with van der Waals surface area (Å²) >= 11 is 0. The van der Waals surface area contributed by atoms with Crippen LogP contribution in [0.5, 0.6) is 5.88 Å². The summed E-state index contributed by atoms with van der Waals surface area (Å²) in [5.74, 6) is 0.795. The number of rotatable bonds is 7. The van der Waals surface area contributed by atoms with Crippen LogP contribution in [0.2, 0.25) is 0 Å². The highest BCUT2D eigenvalue weighted by Crippen LogP contribution is 2.21. The molecule has 16 heavy (non-hydrogen) atoms. The van der Waals surface area contributed by atoms with Crippen molar-refractivity contribution in [3.05, 3.63) is 23.9 Å². The second-order valence-corrected chi connectivity index (χ2v) is 4.32. The monoisotopic (exact) mass is 220 g/mol. The molecule has 1 aliphatic rings. The summed E-state index contributed by atoms with van der Waals surface area (Å²) < 4.78 is 5.68. The first kappa shape index (κ1) is 11.4. The summed E-state index contributed by atoms with van der Waals surface area (Å²) in [7, 11) is 0. The van der Waals surface area contributed by atoms with Gasteiger partial charge in [0.25, 0.3) is 0 Å². The average Bonchev–Trinajstić information content (AvgIpc) is 3.12. The van der Waals surface area contributed by atoms with E-state index in [1.807, 2.05) is 6.07 Å². The van der Waals surface area contributed by atoms with E-state index in [4.69, 9.17) is 4.74 Å². The minimum atomic E-state index is 0.726. The van der Waals surface area contributed by atoms with Crippen LogP contribution in [0.15, 0.2) is 18.3 Å². The lowest BCUT2D eigenvalue weighted by Crippen LogP contribution is -2.16. The SMILES string of the molecule is CCCCOc1ncccc1CNC1CC1. The molecule has 0 atom stereocenters. The summed E-state index contributed by atoms with van der Waals surface area (Å²) in [6, 6.07) is 4.78. The minimum Gasteiger partial charge on any atom is -0.477 e. The largest absolute Gasteiger partial charge is 0.477 e. The van der Waals surface area contributed by atoms with Crippen LogP contribution in [0.3, 0.4) is 0 Å². The number of nitrogens with zero attached hydrogens (tertiary/aromatic N) is 1. The normalized spacial score (nSPS) is 15.1. The van der Waals surface area contributed by atoms with Gasteiger partial charge in [-0.25, -0.2) is 4.98 Å². The van der Waals surface area contributed by atoms with E-state index >= 15 is 0 Å². The summed E-state index contributed by atoms with van der Waals surface area (Å²) in [6.07, 6.45) is 6.66. The zero-order valence-corrected chi connectivity index (χ0v) is 9.91. The molecular weight excluding hydrogens is 200 g/mol. The Morgan fingerprint density at radius 3 is 3.12 bits per heavy atom. The molecule has 2 rings (SSSR count). The zero-order valence-electron chi connectivity index (χ0n) is 9.91. The summed E-state index contributed by atoms with van der Waals surface area (Å²) in [4.78, 5) is 4.29. The Morgan fingerprint density at radius 1 is 1.50 bits per heavy atom. The van der Waals surface area contributed by atoms with Gasteiger partial charge in [0.05, 0.1) is 6.61 Å². The van der Waals surface area contributed by atoms with Crippen molar-refractivity contribution < 1.29 is 4.74 Å². The molecule has 0 spiro atoms. The topological polar surface area (TPSA) is 34.1 Å². The Morgan fingerprint density at radius 2 is 2.38 bits per heavy atom. The molecule has 3 heteroatoms. The molecule has 0 saturated heterocycles. The van der Waals surface area contributed by atoms with Gasteiger partial charge in [-0.05, 0) is 25.3 Å². The minimum absolute atomic E-state index is 0.726.